The van der Waals surface area contributed by atoms with E-state index in [1.807, 2.05) is 6.08 Å². The van der Waals surface area contributed by atoms with E-state index in [0.29, 0.717) is 49.3 Å². The highest BCUT2D eigenvalue weighted by Crippen LogP contribution is 2.38. The van der Waals surface area contributed by atoms with Crippen molar-refractivity contribution >= 4 is 28.7 Å². The third-order valence-electron chi connectivity index (χ3n) is 5.92. The van der Waals surface area contributed by atoms with Gasteiger partial charge in [-0.05, 0) is 61.3 Å². The number of likely N-dealkylation sites (tertiary alicyclic amines) is 1. The number of nitrogens with zero attached hydrogens (tertiary/aromatic N) is 3. The van der Waals surface area contributed by atoms with Gasteiger partial charge < -0.3 is 10.2 Å². The Morgan fingerprint density at radius 3 is 2.42 bits per heavy atom. The highest BCUT2D eigenvalue weighted by molar-refractivity contribution is 8.18. The van der Waals surface area contributed by atoms with E-state index in [2.05, 4.69) is 10.3 Å². The van der Waals surface area contributed by atoms with E-state index in [9.17, 15) is 35.9 Å². The van der Waals surface area contributed by atoms with Crippen LogP contribution in [0, 0.1) is 5.92 Å². The smallest absolute Gasteiger partial charge is 0.368 e. The Hall–Kier alpha value is -2.54. The molecule has 2 aliphatic heterocycles. The van der Waals surface area contributed by atoms with Gasteiger partial charge in [-0.3, -0.25) is 14.5 Å². The molecule has 0 radical (unpaired) electrons. The second-order valence-electron chi connectivity index (χ2n) is 8.81. The predicted molar refractivity (Wildman–Crippen MR) is 124 cm³/mol. The zero-order valence-corrected chi connectivity index (χ0v) is 20.5. The molecular weight excluding hydrogens is 510 g/mol. The van der Waals surface area contributed by atoms with Crippen LogP contribution in [-0.4, -0.2) is 60.5 Å². The summed E-state index contributed by atoms with van der Waals surface area (Å²) < 4.78 is 79.0. The Balaban J connectivity index is 1.60. The van der Waals surface area contributed by atoms with Crippen LogP contribution in [-0.2, 0) is 23.7 Å². The molecule has 6 nitrogen and oxygen atoms in total. The molecule has 1 N–H and O–H groups in total. The van der Waals surface area contributed by atoms with Crippen LogP contribution in [0.5, 0.6) is 0 Å². The monoisotopic (exact) mass is 536 g/mol. The lowest BCUT2D eigenvalue weighted by atomic mass is 9.95. The molecule has 3 rings (SSSR count). The van der Waals surface area contributed by atoms with Crippen LogP contribution in [0.15, 0.2) is 34.2 Å². The second kappa shape index (κ2) is 11.2. The average molecular weight is 537 g/mol. The zero-order chi connectivity index (χ0) is 26.7. The Kier molecular flexibility index (Phi) is 8.75. The largest absolute Gasteiger partial charge is 0.416 e. The summed E-state index contributed by atoms with van der Waals surface area (Å²) in [6.45, 7) is 1.09. The molecule has 0 aromatic heterocycles. The van der Waals surface area contributed by atoms with Gasteiger partial charge in [0.1, 0.15) is 5.84 Å². The Bertz CT molecular complexity index is 1040. The van der Waals surface area contributed by atoms with Crippen LogP contribution in [0.2, 0.25) is 0 Å². The summed E-state index contributed by atoms with van der Waals surface area (Å²) in [5.41, 5.74) is -2.80. The first-order chi connectivity index (χ1) is 16.7. The fraction of sp³-hybridized carbons (Fsp3) is 0.522. The van der Waals surface area contributed by atoms with E-state index in [4.69, 9.17) is 0 Å². The van der Waals surface area contributed by atoms with Gasteiger partial charge in [0, 0.05) is 33.6 Å². The molecule has 1 aromatic carbocycles. The Labute approximate surface area is 208 Å². The summed E-state index contributed by atoms with van der Waals surface area (Å²) in [5, 5.41) is 2.64. The van der Waals surface area contributed by atoms with Gasteiger partial charge in [0.25, 0.3) is 0 Å². The number of hydrogen-bond donors (Lipinski definition) is 1. The van der Waals surface area contributed by atoms with Gasteiger partial charge in [-0.1, -0.05) is 12.1 Å². The number of allylic oxidation sites excluding steroid dienone is 1. The highest BCUT2D eigenvalue weighted by atomic mass is 32.2. The number of benzene rings is 1. The Morgan fingerprint density at radius 1 is 1.17 bits per heavy atom. The van der Waals surface area contributed by atoms with Crippen molar-refractivity contribution in [3.63, 3.8) is 0 Å². The lowest BCUT2D eigenvalue weighted by Gasteiger charge is -2.31. The maximum Gasteiger partial charge on any atom is 0.416 e. The van der Waals surface area contributed by atoms with E-state index in [1.54, 1.807) is 19.0 Å². The van der Waals surface area contributed by atoms with E-state index in [1.165, 1.54) is 4.90 Å². The summed E-state index contributed by atoms with van der Waals surface area (Å²) in [4.78, 5) is 31.4. The molecule has 13 heteroatoms. The number of carbonyl (C=O) groups is 2. The molecule has 0 bridgehead atoms. The van der Waals surface area contributed by atoms with Crippen LogP contribution >= 0.6 is 11.8 Å². The van der Waals surface area contributed by atoms with Crippen molar-refractivity contribution in [1.82, 2.24) is 15.1 Å². The van der Waals surface area contributed by atoms with E-state index < -0.39 is 23.5 Å². The van der Waals surface area contributed by atoms with Crippen molar-refractivity contribution in [2.45, 2.75) is 38.2 Å². The number of nitrogens with one attached hydrogen (secondary N) is 1. The van der Waals surface area contributed by atoms with Gasteiger partial charge in [0.15, 0.2) is 0 Å². The topological polar surface area (TPSA) is 65.0 Å². The molecule has 1 aromatic rings. The molecule has 0 saturated carbocycles. The second-order valence-corrected chi connectivity index (χ2v) is 9.80. The number of rotatable bonds is 6. The van der Waals surface area contributed by atoms with Crippen molar-refractivity contribution in [1.29, 1.82) is 0 Å². The fourth-order valence-electron chi connectivity index (χ4n) is 3.95. The van der Waals surface area contributed by atoms with E-state index in [-0.39, 0.29) is 41.7 Å². The lowest BCUT2D eigenvalue weighted by Crippen LogP contribution is -2.34. The van der Waals surface area contributed by atoms with Crippen LogP contribution in [0.1, 0.15) is 36.0 Å². The predicted octanol–water partition coefficient (Wildman–Crippen LogP) is 5.15. The van der Waals surface area contributed by atoms with Crippen LogP contribution in [0.3, 0.4) is 0 Å². The summed E-state index contributed by atoms with van der Waals surface area (Å²) in [6, 6.07) is 1.74. The maximum atomic E-state index is 13.4. The first-order valence-electron chi connectivity index (χ1n) is 11.2. The number of carbonyl (C=O) groups excluding carboxylic acids is 2. The number of piperidine rings is 1. The number of hydrogen-bond acceptors (Lipinski definition) is 5. The minimum absolute atomic E-state index is 0.0553. The molecule has 0 spiro atoms. The number of halogens is 6. The van der Waals surface area contributed by atoms with E-state index >= 15 is 0 Å². The SMILES string of the molecule is CN(C)C(=O)CCNC1=NC(=O)S/C1=C\C1CCN(Cc2ccc(C(F)(F)F)cc2C(F)(F)F)CC1. The maximum absolute atomic E-state index is 13.4. The first-order valence-corrected chi connectivity index (χ1v) is 12.0. The van der Waals surface area contributed by atoms with Gasteiger partial charge in [-0.2, -0.15) is 31.3 Å². The van der Waals surface area contributed by atoms with Gasteiger partial charge in [0.2, 0.25) is 5.91 Å². The lowest BCUT2D eigenvalue weighted by molar-refractivity contribution is -0.143. The summed E-state index contributed by atoms with van der Waals surface area (Å²) in [7, 11) is 3.29. The molecular formula is C23H26F6N4O2S. The normalized spacial score (nSPS) is 19.1. The molecule has 0 aliphatic carbocycles. The highest BCUT2D eigenvalue weighted by Gasteiger charge is 2.38. The van der Waals surface area contributed by atoms with Gasteiger partial charge in [-0.15, -0.1) is 0 Å². The average Bonchev–Trinajstić information content (AvgIpc) is 3.12. The number of aliphatic imine (C=N–C) groups is 1. The van der Waals surface area contributed by atoms with E-state index in [0.717, 1.165) is 17.8 Å². The zero-order valence-electron chi connectivity index (χ0n) is 19.7. The molecule has 1 saturated heterocycles. The van der Waals surface area contributed by atoms with Crippen molar-refractivity contribution in [3.8, 4) is 0 Å². The standard InChI is InChI=1S/C23H26F6N4O2S/c1-32(2)19(34)5-8-30-20-18(36-21(35)31-20)11-14-6-9-33(10-7-14)13-15-3-4-16(22(24,25)26)12-17(15)23(27,28)29/h3-4,11-12,14H,5-10,13H2,1-2H3,(H,30,31,35)/b18-11-. The number of alkyl halides is 6. The minimum atomic E-state index is -4.90. The van der Waals surface area contributed by atoms with Crippen LogP contribution in [0.25, 0.3) is 0 Å². The summed E-state index contributed by atoms with van der Waals surface area (Å²) >= 11 is 0.974. The molecule has 36 heavy (non-hydrogen) atoms. The van der Waals surface area contributed by atoms with Crippen LogP contribution < -0.4 is 5.32 Å². The molecule has 1 fully saturated rings. The number of amidine groups is 1. The van der Waals surface area contributed by atoms with Gasteiger partial charge in [0.05, 0.1) is 16.0 Å². The van der Waals surface area contributed by atoms with Crippen molar-refractivity contribution < 1.29 is 35.9 Å². The fourth-order valence-corrected chi connectivity index (χ4v) is 4.75. The van der Waals surface area contributed by atoms with Gasteiger partial charge in [-0.25, -0.2) is 0 Å². The third-order valence-corrected chi connectivity index (χ3v) is 6.73. The minimum Gasteiger partial charge on any atom is -0.368 e. The molecule has 2 heterocycles. The first kappa shape index (κ1) is 28.0. The summed E-state index contributed by atoms with van der Waals surface area (Å²) in [6.07, 6.45) is -6.40. The third kappa shape index (κ3) is 7.48. The molecule has 2 aliphatic rings. The van der Waals surface area contributed by atoms with Crippen molar-refractivity contribution in [2.75, 3.05) is 33.7 Å². The molecule has 198 valence electrons. The molecule has 2 amide bonds. The summed E-state index contributed by atoms with van der Waals surface area (Å²) in [5.74, 6) is 0.387. The van der Waals surface area contributed by atoms with Crippen molar-refractivity contribution in [2.24, 2.45) is 10.9 Å². The molecule has 0 unspecified atom stereocenters. The Morgan fingerprint density at radius 2 is 1.83 bits per heavy atom. The number of amides is 2. The number of thioether (sulfide) groups is 1. The van der Waals surface area contributed by atoms with Crippen molar-refractivity contribution in [3.05, 3.63) is 45.9 Å². The van der Waals surface area contributed by atoms with Gasteiger partial charge >= 0.3 is 17.6 Å². The van der Waals surface area contributed by atoms with Crippen LogP contribution in [0.4, 0.5) is 31.1 Å². The quantitative estimate of drug-likeness (QED) is 0.510. The molecule has 0 atom stereocenters.